The van der Waals surface area contributed by atoms with Gasteiger partial charge in [0.25, 0.3) is 5.91 Å². The van der Waals surface area contributed by atoms with Crippen molar-refractivity contribution in [2.45, 2.75) is 38.6 Å². The monoisotopic (exact) mass is 234 g/mol. The SMILES string of the molecule is CCc1cc(C(=O)NC2(C)CC2)cc(NN)n1. The van der Waals surface area contributed by atoms with Crippen LogP contribution < -0.4 is 16.6 Å². The van der Waals surface area contributed by atoms with E-state index in [2.05, 4.69) is 22.7 Å². The first-order valence-corrected chi connectivity index (χ1v) is 5.86. The van der Waals surface area contributed by atoms with Crippen molar-refractivity contribution in [1.29, 1.82) is 0 Å². The van der Waals surface area contributed by atoms with Gasteiger partial charge in [0.05, 0.1) is 0 Å². The van der Waals surface area contributed by atoms with Crippen molar-refractivity contribution in [2.24, 2.45) is 5.84 Å². The first kappa shape index (κ1) is 11.9. The minimum atomic E-state index is -0.0569. The van der Waals surface area contributed by atoms with Gasteiger partial charge in [-0.2, -0.15) is 0 Å². The molecule has 1 aromatic rings. The molecule has 92 valence electrons. The lowest BCUT2D eigenvalue weighted by Gasteiger charge is -2.12. The van der Waals surface area contributed by atoms with E-state index in [1.165, 1.54) is 0 Å². The second-order valence-electron chi connectivity index (χ2n) is 4.75. The predicted octanol–water partition coefficient (Wildman–Crippen LogP) is 1.21. The topological polar surface area (TPSA) is 80.0 Å². The van der Waals surface area contributed by atoms with Gasteiger partial charge in [0.1, 0.15) is 5.82 Å². The molecule has 1 aromatic heterocycles. The molecule has 1 amide bonds. The van der Waals surface area contributed by atoms with Gasteiger partial charge in [-0.3, -0.25) is 4.79 Å². The molecule has 0 atom stereocenters. The van der Waals surface area contributed by atoms with Gasteiger partial charge in [0, 0.05) is 16.8 Å². The highest BCUT2D eigenvalue weighted by molar-refractivity contribution is 5.95. The normalized spacial score (nSPS) is 16.4. The number of nitrogens with two attached hydrogens (primary N) is 1. The summed E-state index contributed by atoms with van der Waals surface area (Å²) >= 11 is 0. The number of carbonyl (C=O) groups excluding carboxylic acids is 1. The number of carbonyl (C=O) groups is 1. The van der Waals surface area contributed by atoms with Crippen molar-refractivity contribution in [1.82, 2.24) is 10.3 Å². The highest BCUT2D eigenvalue weighted by Gasteiger charge is 2.38. The number of nitrogens with zero attached hydrogens (tertiary/aromatic N) is 1. The number of rotatable bonds is 4. The van der Waals surface area contributed by atoms with Gasteiger partial charge in [-0.05, 0) is 38.3 Å². The van der Waals surface area contributed by atoms with Crippen LogP contribution in [0.15, 0.2) is 12.1 Å². The molecule has 0 unspecified atom stereocenters. The molecule has 1 saturated carbocycles. The maximum absolute atomic E-state index is 12.0. The Kier molecular flexibility index (Phi) is 3.02. The quantitative estimate of drug-likeness (QED) is 0.540. The number of hydrazine groups is 1. The van der Waals surface area contributed by atoms with E-state index in [1.807, 2.05) is 13.0 Å². The molecule has 17 heavy (non-hydrogen) atoms. The molecule has 0 bridgehead atoms. The van der Waals surface area contributed by atoms with Crippen molar-refractivity contribution >= 4 is 11.7 Å². The Labute approximate surface area is 101 Å². The molecule has 0 spiro atoms. The van der Waals surface area contributed by atoms with Gasteiger partial charge in [0.15, 0.2) is 0 Å². The van der Waals surface area contributed by atoms with E-state index in [-0.39, 0.29) is 11.4 Å². The van der Waals surface area contributed by atoms with E-state index in [0.29, 0.717) is 11.4 Å². The number of aromatic nitrogens is 1. The molecule has 1 fully saturated rings. The lowest BCUT2D eigenvalue weighted by Crippen LogP contribution is -2.34. The Morgan fingerprint density at radius 2 is 2.24 bits per heavy atom. The molecular formula is C12H18N4O. The zero-order valence-corrected chi connectivity index (χ0v) is 10.2. The average Bonchev–Trinajstić information content (AvgIpc) is 3.05. The highest BCUT2D eigenvalue weighted by atomic mass is 16.1. The summed E-state index contributed by atoms with van der Waals surface area (Å²) in [6.07, 6.45) is 2.87. The third-order valence-corrected chi connectivity index (χ3v) is 3.07. The molecule has 1 aliphatic rings. The summed E-state index contributed by atoms with van der Waals surface area (Å²) < 4.78 is 0. The van der Waals surface area contributed by atoms with Gasteiger partial charge >= 0.3 is 0 Å². The van der Waals surface area contributed by atoms with Crippen LogP contribution in [-0.2, 0) is 6.42 Å². The van der Waals surface area contributed by atoms with Crippen molar-refractivity contribution in [3.8, 4) is 0 Å². The average molecular weight is 234 g/mol. The molecule has 2 rings (SSSR count). The van der Waals surface area contributed by atoms with Crippen LogP contribution in [-0.4, -0.2) is 16.4 Å². The summed E-state index contributed by atoms with van der Waals surface area (Å²) in [7, 11) is 0. The number of hydrogen-bond acceptors (Lipinski definition) is 4. The number of pyridine rings is 1. The Morgan fingerprint density at radius 1 is 1.53 bits per heavy atom. The van der Waals surface area contributed by atoms with Gasteiger partial charge in [-0.25, -0.2) is 10.8 Å². The third-order valence-electron chi connectivity index (χ3n) is 3.07. The summed E-state index contributed by atoms with van der Waals surface area (Å²) in [5, 5.41) is 3.01. The number of nitrogens with one attached hydrogen (secondary N) is 2. The van der Waals surface area contributed by atoms with E-state index in [9.17, 15) is 4.79 Å². The summed E-state index contributed by atoms with van der Waals surface area (Å²) in [4.78, 5) is 16.3. The van der Waals surface area contributed by atoms with E-state index in [0.717, 1.165) is 25.0 Å². The van der Waals surface area contributed by atoms with E-state index < -0.39 is 0 Å². The number of amides is 1. The first-order valence-electron chi connectivity index (χ1n) is 5.86. The fourth-order valence-electron chi connectivity index (χ4n) is 1.63. The van der Waals surface area contributed by atoms with E-state index >= 15 is 0 Å². The molecule has 1 heterocycles. The standard InChI is InChI=1S/C12H18N4O/c1-3-9-6-8(7-10(14-9)16-13)11(17)15-12(2)4-5-12/h6-7H,3-5,13H2,1-2H3,(H,14,16)(H,15,17). The fourth-order valence-corrected chi connectivity index (χ4v) is 1.63. The van der Waals surface area contributed by atoms with Crippen LogP contribution in [0.1, 0.15) is 42.7 Å². The van der Waals surface area contributed by atoms with Gasteiger partial charge in [-0.15, -0.1) is 0 Å². The number of aryl methyl sites for hydroxylation is 1. The Morgan fingerprint density at radius 3 is 2.76 bits per heavy atom. The highest BCUT2D eigenvalue weighted by Crippen LogP contribution is 2.34. The van der Waals surface area contributed by atoms with Crippen LogP contribution in [0.2, 0.25) is 0 Å². The van der Waals surface area contributed by atoms with Gasteiger partial charge < -0.3 is 10.7 Å². The van der Waals surface area contributed by atoms with Crippen LogP contribution in [0.25, 0.3) is 0 Å². The van der Waals surface area contributed by atoms with Crippen molar-refractivity contribution < 1.29 is 4.79 Å². The van der Waals surface area contributed by atoms with Gasteiger partial charge in [-0.1, -0.05) is 6.92 Å². The Hall–Kier alpha value is -1.62. The third kappa shape index (κ3) is 2.74. The number of anilines is 1. The van der Waals surface area contributed by atoms with Crippen molar-refractivity contribution in [3.63, 3.8) is 0 Å². The second kappa shape index (κ2) is 4.33. The molecular weight excluding hydrogens is 216 g/mol. The largest absolute Gasteiger partial charge is 0.347 e. The molecule has 0 aromatic carbocycles. The zero-order valence-electron chi connectivity index (χ0n) is 10.2. The first-order chi connectivity index (χ1) is 8.06. The molecule has 0 radical (unpaired) electrons. The molecule has 5 nitrogen and oxygen atoms in total. The summed E-state index contributed by atoms with van der Waals surface area (Å²) in [5.41, 5.74) is 3.94. The molecule has 1 aliphatic carbocycles. The Bertz CT molecular complexity index is 418. The lowest BCUT2D eigenvalue weighted by atomic mass is 10.1. The summed E-state index contributed by atoms with van der Waals surface area (Å²) in [6.45, 7) is 4.04. The fraction of sp³-hybridized carbons (Fsp3) is 0.500. The van der Waals surface area contributed by atoms with Crippen molar-refractivity contribution in [3.05, 3.63) is 23.4 Å². The van der Waals surface area contributed by atoms with Crippen LogP contribution in [0.5, 0.6) is 0 Å². The molecule has 4 N–H and O–H groups in total. The smallest absolute Gasteiger partial charge is 0.251 e. The van der Waals surface area contributed by atoms with E-state index in [1.54, 1.807) is 6.07 Å². The summed E-state index contributed by atoms with van der Waals surface area (Å²) in [6, 6.07) is 3.47. The van der Waals surface area contributed by atoms with Crippen LogP contribution in [0.3, 0.4) is 0 Å². The Balaban J connectivity index is 2.21. The maximum atomic E-state index is 12.0. The van der Waals surface area contributed by atoms with Gasteiger partial charge in [0.2, 0.25) is 0 Å². The van der Waals surface area contributed by atoms with Crippen LogP contribution in [0.4, 0.5) is 5.82 Å². The minimum Gasteiger partial charge on any atom is -0.347 e. The molecule has 0 aliphatic heterocycles. The van der Waals surface area contributed by atoms with E-state index in [4.69, 9.17) is 5.84 Å². The molecule has 5 heteroatoms. The zero-order chi connectivity index (χ0) is 12.5. The summed E-state index contributed by atoms with van der Waals surface area (Å²) in [5.74, 6) is 5.80. The second-order valence-corrected chi connectivity index (χ2v) is 4.75. The lowest BCUT2D eigenvalue weighted by molar-refractivity contribution is 0.0935. The van der Waals surface area contributed by atoms with Crippen LogP contribution in [0, 0.1) is 0 Å². The number of nitrogen functional groups attached to an aromatic ring is 1. The maximum Gasteiger partial charge on any atom is 0.251 e. The number of hydrogen-bond donors (Lipinski definition) is 3. The molecule has 0 saturated heterocycles. The van der Waals surface area contributed by atoms with Crippen molar-refractivity contribution in [2.75, 3.05) is 5.43 Å². The minimum absolute atomic E-state index is 0.0109. The van der Waals surface area contributed by atoms with Crippen LogP contribution >= 0.6 is 0 Å². The predicted molar refractivity (Wildman–Crippen MR) is 66.5 cm³/mol.